The lowest BCUT2D eigenvalue weighted by Gasteiger charge is -2.41. The largest absolute Gasteiger partial charge is 0.493 e. The molecule has 2 fully saturated rings. The molecule has 2 saturated heterocycles. The summed E-state index contributed by atoms with van der Waals surface area (Å²) < 4.78 is 25.5. The highest BCUT2D eigenvalue weighted by molar-refractivity contribution is 5.90. The number of nitrogens with zero attached hydrogens (tertiary/aromatic N) is 3. The fraction of sp³-hybridized carbons (Fsp3) is 0.355. The van der Waals surface area contributed by atoms with Gasteiger partial charge in [-0.3, -0.25) is 9.64 Å². The number of rotatable bonds is 8. The van der Waals surface area contributed by atoms with E-state index in [-0.39, 0.29) is 13.0 Å². The van der Waals surface area contributed by atoms with Crippen LogP contribution in [0, 0.1) is 0 Å². The Balaban J connectivity index is 1.22. The van der Waals surface area contributed by atoms with Gasteiger partial charge in [0.1, 0.15) is 6.54 Å². The summed E-state index contributed by atoms with van der Waals surface area (Å²) in [5, 5.41) is 1.12. The van der Waals surface area contributed by atoms with Crippen molar-refractivity contribution < 1.29 is 23.8 Å². The van der Waals surface area contributed by atoms with Crippen LogP contribution in [0.25, 0.3) is 22.2 Å². The summed E-state index contributed by atoms with van der Waals surface area (Å²) in [7, 11) is 7.16. The van der Waals surface area contributed by atoms with Gasteiger partial charge < -0.3 is 18.8 Å². The van der Waals surface area contributed by atoms with Gasteiger partial charge in [0.05, 0.1) is 39.9 Å². The van der Waals surface area contributed by atoms with Crippen LogP contribution in [0.5, 0.6) is 17.2 Å². The molecule has 0 N–H and O–H groups in total. The van der Waals surface area contributed by atoms with Crippen molar-refractivity contribution in [1.82, 2.24) is 14.1 Å². The van der Waals surface area contributed by atoms with Crippen molar-refractivity contribution in [3.63, 3.8) is 0 Å². The fourth-order valence-electron chi connectivity index (χ4n) is 6.08. The lowest BCUT2D eigenvalue weighted by atomic mass is 10.0. The lowest BCUT2D eigenvalue weighted by Crippen LogP contribution is -2.63. The second-order valence-electron chi connectivity index (χ2n) is 10.1. The van der Waals surface area contributed by atoms with Crippen LogP contribution in [0.1, 0.15) is 5.56 Å². The molecule has 39 heavy (non-hydrogen) atoms. The molecular formula is C31H36N3O5+. The third-order valence-corrected chi connectivity index (χ3v) is 8.20. The van der Waals surface area contributed by atoms with E-state index in [1.165, 1.54) is 16.8 Å². The zero-order valence-corrected chi connectivity index (χ0v) is 23.1. The van der Waals surface area contributed by atoms with E-state index in [1.807, 2.05) is 30.3 Å². The minimum Gasteiger partial charge on any atom is -0.493 e. The lowest BCUT2D eigenvalue weighted by molar-refractivity contribution is -0.145. The summed E-state index contributed by atoms with van der Waals surface area (Å²) in [6.07, 6.45) is 0.848. The molecule has 2 aliphatic heterocycles. The van der Waals surface area contributed by atoms with Gasteiger partial charge in [-0.05, 0) is 30.2 Å². The first-order valence-corrected chi connectivity index (χ1v) is 13.4. The Hall–Kier alpha value is -3.56. The van der Waals surface area contributed by atoms with E-state index >= 15 is 0 Å². The number of hydrogen-bond acceptors (Lipinski definition) is 6. The van der Waals surface area contributed by atoms with Gasteiger partial charge in [0.15, 0.2) is 17.2 Å². The first-order valence-electron chi connectivity index (χ1n) is 13.4. The number of benzene rings is 3. The quantitative estimate of drug-likeness (QED) is 0.300. The molecule has 0 spiro atoms. The van der Waals surface area contributed by atoms with Crippen LogP contribution in [-0.2, 0) is 23.0 Å². The SMILES string of the molecule is COc1cc2cc(-c3ccccc3CCN3CC[N+]4(c5ccccc5OC)OCOC4C3)n(C)c2cc1OC. The third kappa shape index (κ3) is 4.43. The monoisotopic (exact) mass is 530 g/mol. The molecule has 8 heteroatoms. The minimum atomic E-state index is -0.0894. The van der Waals surface area contributed by atoms with Crippen LogP contribution < -0.4 is 18.9 Å². The average molecular weight is 531 g/mol. The molecule has 204 valence electrons. The molecule has 1 aromatic heterocycles. The molecule has 2 aliphatic rings. The zero-order valence-electron chi connectivity index (χ0n) is 23.1. The van der Waals surface area contributed by atoms with E-state index in [1.54, 1.807) is 21.3 Å². The van der Waals surface area contributed by atoms with Crippen LogP contribution in [0.15, 0.2) is 66.7 Å². The number of hydroxylamine groups is 2. The van der Waals surface area contributed by atoms with E-state index in [2.05, 4.69) is 52.9 Å². The highest BCUT2D eigenvalue weighted by Crippen LogP contribution is 2.41. The first kappa shape index (κ1) is 25.7. The predicted octanol–water partition coefficient (Wildman–Crippen LogP) is 4.98. The Labute approximate surface area is 229 Å². The minimum absolute atomic E-state index is 0.0894. The second-order valence-corrected chi connectivity index (χ2v) is 10.1. The molecule has 8 nitrogen and oxygen atoms in total. The molecule has 2 unspecified atom stereocenters. The number of para-hydroxylation sites is 2. The summed E-state index contributed by atoms with van der Waals surface area (Å²) in [5.41, 5.74) is 5.87. The number of hydrogen-bond donors (Lipinski definition) is 0. The van der Waals surface area contributed by atoms with Crippen LogP contribution in [0.2, 0.25) is 0 Å². The smallest absolute Gasteiger partial charge is 0.243 e. The van der Waals surface area contributed by atoms with Gasteiger partial charge >= 0.3 is 0 Å². The molecule has 4 aromatic rings. The number of aryl methyl sites for hydroxylation is 1. The van der Waals surface area contributed by atoms with Crippen molar-refractivity contribution in [2.45, 2.75) is 12.6 Å². The maximum atomic E-state index is 6.22. The number of methoxy groups -OCH3 is 3. The van der Waals surface area contributed by atoms with Gasteiger partial charge in [0, 0.05) is 42.4 Å². The molecule has 3 heterocycles. The van der Waals surface area contributed by atoms with E-state index < -0.39 is 0 Å². The van der Waals surface area contributed by atoms with Gasteiger partial charge in [-0.2, -0.15) is 4.84 Å². The average Bonchev–Trinajstić information content (AvgIpc) is 3.56. The number of piperazine rings is 1. The number of quaternary nitrogens is 1. The Bertz CT molecular complexity index is 1480. The maximum Gasteiger partial charge on any atom is 0.243 e. The molecule has 0 aliphatic carbocycles. The number of fused-ring (bicyclic) bond motifs is 2. The van der Waals surface area contributed by atoms with Crippen molar-refractivity contribution in [1.29, 1.82) is 0 Å². The van der Waals surface area contributed by atoms with Gasteiger partial charge in [0.2, 0.25) is 18.7 Å². The van der Waals surface area contributed by atoms with Gasteiger partial charge in [-0.1, -0.05) is 36.4 Å². The molecule has 0 amide bonds. The Morgan fingerprint density at radius 2 is 1.64 bits per heavy atom. The summed E-state index contributed by atoms with van der Waals surface area (Å²) in [5.74, 6) is 2.30. The van der Waals surface area contributed by atoms with Crippen molar-refractivity contribution >= 4 is 16.6 Å². The molecule has 0 radical (unpaired) electrons. The van der Waals surface area contributed by atoms with Crippen molar-refractivity contribution in [2.24, 2.45) is 7.05 Å². The highest BCUT2D eigenvalue weighted by Gasteiger charge is 2.53. The van der Waals surface area contributed by atoms with Crippen LogP contribution in [0.4, 0.5) is 5.69 Å². The predicted molar refractivity (Wildman–Crippen MR) is 152 cm³/mol. The van der Waals surface area contributed by atoms with Crippen LogP contribution >= 0.6 is 0 Å². The van der Waals surface area contributed by atoms with E-state index in [0.717, 1.165) is 66.4 Å². The summed E-state index contributed by atoms with van der Waals surface area (Å²) in [6, 6.07) is 23.1. The Kier molecular flexibility index (Phi) is 6.95. The standard InChI is InChI=1S/C31H36N3O5/c1-32-25-19-30(37-4)29(36-3)18-23(25)17-26(32)24-10-6-5-9-22(24)13-14-33-15-16-34(31(20-33)38-21-39-34)27-11-7-8-12-28(27)35-2/h5-12,17-19,31H,13-16,20-21H2,1-4H3/q+1. The fourth-order valence-corrected chi connectivity index (χ4v) is 6.08. The maximum absolute atomic E-state index is 6.22. The van der Waals surface area contributed by atoms with Crippen molar-refractivity contribution in [3.05, 3.63) is 72.3 Å². The van der Waals surface area contributed by atoms with Crippen molar-refractivity contribution in [2.75, 3.05) is 54.3 Å². The molecule has 6 rings (SSSR count). The molecular weight excluding hydrogens is 494 g/mol. The summed E-state index contributed by atoms with van der Waals surface area (Å²) >= 11 is 0. The molecule has 2 atom stereocenters. The summed E-state index contributed by atoms with van der Waals surface area (Å²) in [4.78, 5) is 8.71. The van der Waals surface area contributed by atoms with Crippen LogP contribution in [0.3, 0.4) is 0 Å². The number of aromatic nitrogens is 1. The van der Waals surface area contributed by atoms with Crippen molar-refractivity contribution in [3.8, 4) is 28.5 Å². The highest BCUT2D eigenvalue weighted by atomic mass is 16.9. The van der Waals surface area contributed by atoms with Crippen LogP contribution in [-0.4, -0.2) is 70.0 Å². The third-order valence-electron chi connectivity index (χ3n) is 8.20. The Morgan fingerprint density at radius 3 is 2.46 bits per heavy atom. The number of ether oxygens (including phenoxy) is 4. The first-order chi connectivity index (χ1) is 19.1. The zero-order chi connectivity index (χ0) is 27.0. The molecule has 0 bridgehead atoms. The van der Waals surface area contributed by atoms with Gasteiger partial charge in [0.25, 0.3) is 0 Å². The molecule has 3 aromatic carbocycles. The van der Waals surface area contributed by atoms with E-state index in [9.17, 15) is 0 Å². The Morgan fingerprint density at radius 1 is 0.897 bits per heavy atom. The van der Waals surface area contributed by atoms with E-state index in [0.29, 0.717) is 4.65 Å². The second kappa shape index (κ2) is 10.5. The molecule has 0 saturated carbocycles. The van der Waals surface area contributed by atoms with Gasteiger partial charge in [-0.25, -0.2) is 0 Å². The topological polar surface area (TPSA) is 54.3 Å². The normalized spacial score (nSPS) is 21.2. The van der Waals surface area contributed by atoms with Gasteiger partial charge in [-0.15, -0.1) is 4.65 Å². The summed E-state index contributed by atoms with van der Waals surface area (Å²) in [6.45, 7) is 3.74. The van der Waals surface area contributed by atoms with E-state index in [4.69, 9.17) is 23.8 Å².